The number of nitrogens with zero attached hydrogens (tertiary/aromatic N) is 3. The summed E-state index contributed by atoms with van der Waals surface area (Å²) < 4.78 is 1.85. The summed E-state index contributed by atoms with van der Waals surface area (Å²) in [5.74, 6) is 0.734. The van der Waals surface area contributed by atoms with Crippen molar-refractivity contribution >= 4 is 23.0 Å². The molecule has 0 spiro atoms. The predicted octanol–water partition coefficient (Wildman–Crippen LogP) is 1.99. The van der Waals surface area contributed by atoms with Gasteiger partial charge in [-0.2, -0.15) is 5.10 Å². The summed E-state index contributed by atoms with van der Waals surface area (Å²) in [6, 6.07) is 1.98. The molecule has 0 radical (unpaired) electrons. The van der Waals surface area contributed by atoms with Crippen LogP contribution < -0.4 is 11.1 Å². The zero-order valence-corrected chi connectivity index (χ0v) is 13.0. The molecule has 0 saturated heterocycles. The van der Waals surface area contributed by atoms with E-state index in [-0.39, 0.29) is 0 Å². The van der Waals surface area contributed by atoms with Gasteiger partial charge in [0.15, 0.2) is 0 Å². The zero-order chi connectivity index (χ0) is 14.9. The Bertz CT molecular complexity index is 660. The minimum absolute atomic E-state index is 0.361. The third kappa shape index (κ3) is 2.80. The molecule has 0 aliphatic heterocycles. The van der Waals surface area contributed by atoms with Crippen molar-refractivity contribution in [1.82, 2.24) is 14.8 Å². The number of pyridine rings is 1. The van der Waals surface area contributed by atoms with Gasteiger partial charge >= 0.3 is 0 Å². The maximum absolute atomic E-state index is 5.80. The van der Waals surface area contributed by atoms with Crippen molar-refractivity contribution in [2.75, 3.05) is 5.32 Å². The molecule has 0 aromatic carbocycles. The van der Waals surface area contributed by atoms with Gasteiger partial charge in [0.05, 0.1) is 11.8 Å². The van der Waals surface area contributed by atoms with E-state index in [1.165, 1.54) is 0 Å². The van der Waals surface area contributed by atoms with E-state index in [0.29, 0.717) is 11.5 Å². The van der Waals surface area contributed by atoms with Gasteiger partial charge in [0.2, 0.25) is 0 Å². The molecule has 0 fully saturated rings. The lowest BCUT2D eigenvalue weighted by Gasteiger charge is -2.13. The normalized spacial score (nSPS) is 10.6. The average molecular weight is 289 g/mol. The van der Waals surface area contributed by atoms with Crippen molar-refractivity contribution < 1.29 is 0 Å². The van der Waals surface area contributed by atoms with Crippen LogP contribution >= 0.6 is 12.2 Å². The maximum Gasteiger partial charge on any atom is 0.137 e. The van der Waals surface area contributed by atoms with Crippen LogP contribution in [0, 0.1) is 20.8 Å². The van der Waals surface area contributed by atoms with Crippen LogP contribution in [0.2, 0.25) is 0 Å². The van der Waals surface area contributed by atoms with Crippen molar-refractivity contribution in [1.29, 1.82) is 0 Å². The van der Waals surface area contributed by atoms with Crippen LogP contribution in [0.25, 0.3) is 0 Å². The van der Waals surface area contributed by atoms with Gasteiger partial charge in [0.1, 0.15) is 10.8 Å². The smallest absolute Gasteiger partial charge is 0.137 e. The van der Waals surface area contributed by atoms with Gasteiger partial charge in [-0.3, -0.25) is 4.68 Å². The number of hydrogen-bond acceptors (Lipinski definition) is 4. The molecule has 2 heterocycles. The first kappa shape index (κ1) is 14.5. The average Bonchev–Trinajstić information content (AvgIpc) is 2.66. The lowest BCUT2D eigenvalue weighted by Crippen LogP contribution is -2.17. The second-order valence-corrected chi connectivity index (χ2v) is 5.34. The molecular weight excluding hydrogens is 270 g/mol. The molecule has 0 aliphatic rings. The first-order chi connectivity index (χ1) is 9.40. The van der Waals surface area contributed by atoms with Crippen LogP contribution in [0.3, 0.4) is 0 Å². The Morgan fingerprint density at radius 1 is 1.40 bits per heavy atom. The molecule has 0 unspecified atom stereocenters. The number of aromatic nitrogens is 3. The number of nitrogens with one attached hydrogen (secondary N) is 1. The molecule has 0 atom stereocenters. The first-order valence-corrected chi connectivity index (χ1v) is 6.80. The van der Waals surface area contributed by atoms with E-state index >= 15 is 0 Å². The second kappa shape index (κ2) is 5.58. The molecular formula is C14H19N5S. The number of nitrogens with two attached hydrogens (primary N) is 1. The van der Waals surface area contributed by atoms with Crippen molar-refractivity contribution in [3.63, 3.8) is 0 Å². The lowest BCUT2D eigenvalue weighted by molar-refractivity contribution is 0.738. The highest BCUT2D eigenvalue weighted by molar-refractivity contribution is 7.80. The van der Waals surface area contributed by atoms with E-state index < -0.39 is 0 Å². The standard InChI is InChI=1S/C14H19N5S/c1-8-5-9(2)18-14(12(8)13(15)20)16-6-11-7-17-19(4)10(11)3/h5,7H,6H2,1-4H3,(H2,15,20)(H,16,18). The fraction of sp³-hybridized carbons (Fsp3) is 0.357. The van der Waals surface area contributed by atoms with Gasteiger partial charge in [-0.1, -0.05) is 12.2 Å². The van der Waals surface area contributed by atoms with E-state index in [4.69, 9.17) is 18.0 Å². The molecule has 106 valence electrons. The topological polar surface area (TPSA) is 68.8 Å². The molecule has 0 bridgehead atoms. The van der Waals surface area contributed by atoms with Gasteiger partial charge in [0, 0.05) is 30.5 Å². The van der Waals surface area contributed by atoms with Crippen LogP contribution in [0.4, 0.5) is 5.82 Å². The summed E-state index contributed by atoms with van der Waals surface area (Å²) in [4.78, 5) is 4.86. The predicted molar refractivity (Wildman–Crippen MR) is 84.9 cm³/mol. The molecule has 2 rings (SSSR count). The number of rotatable bonds is 4. The fourth-order valence-corrected chi connectivity index (χ4v) is 2.43. The molecule has 5 nitrogen and oxygen atoms in total. The third-order valence-electron chi connectivity index (χ3n) is 3.37. The molecule has 0 saturated carbocycles. The summed E-state index contributed by atoms with van der Waals surface area (Å²) in [5, 5.41) is 7.54. The molecule has 3 N–H and O–H groups in total. The Morgan fingerprint density at radius 3 is 2.65 bits per heavy atom. The lowest BCUT2D eigenvalue weighted by atomic mass is 10.1. The summed E-state index contributed by atoms with van der Waals surface area (Å²) >= 11 is 5.12. The van der Waals surface area contributed by atoms with Gasteiger partial charge in [0.25, 0.3) is 0 Å². The Kier molecular flexibility index (Phi) is 4.04. The highest BCUT2D eigenvalue weighted by atomic mass is 32.1. The van der Waals surface area contributed by atoms with Gasteiger partial charge in [-0.25, -0.2) is 4.98 Å². The number of aryl methyl sites for hydroxylation is 3. The van der Waals surface area contributed by atoms with Crippen molar-refractivity contribution in [3.8, 4) is 0 Å². The Morgan fingerprint density at radius 2 is 2.10 bits per heavy atom. The summed E-state index contributed by atoms with van der Waals surface area (Å²) in [6.07, 6.45) is 1.85. The number of thiocarbonyl (C=S) groups is 1. The molecule has 2 aromatic heterocycles. The van der Waals surface area contributed by atoms with Crippen molar-refractivity contribution in [2.24, 2.45) is 12.8 Å². The third-order valence-corrected chi connectivity index (χ3v) is 3.58. The van der Waals surface area contributed by atoms with E-state index in [1.807, 2.05) is 44.8 Å². The minimum Gasteiger partial charge on any atom is -0.389 e. The van der Waals surface area contributed by atoms with Crippen LogP contribution in [-0.2, 0) is 13.6 Å². The molecule has 0 aliphatic carbocycles. The molecule has 2 aromatic rings. The second-order valence-electron chi connectivity index (χ2n) is 4.90. The van der Waals surface area contributed by atoms with Gasteiger partial charge in [-0.05, 0) is 32.4 Å². The SMILES string of the molecule is Cc1cc(C)c(C(N)=S)c(NCc2cnn(C)c2C)n1. The molecule has 6 heteroatoms. The molecule has 0 amide bonds. The Hall–Kier alpha value is -1.95. The summed E-state index contributed by atoms with van der Waals surface area (Å²) in [5.41, 5.74) is 10.8. The van der Waals surface area contributed by atoms with Gasteiger partial charge < -0.3 is 11.1 Å². The van der Waals surface area contributed by atoms with Crippen LogP contribution in [0.5, 0.6) is 0 Å². The van der Waals surface area contributed by atoms with Crippen molar-refractivity contribution in [2.45, 2.75) is 27.3 Å². The van der Waals surface area contributed by atoms with Gasteiger partial charge in [-0.15, -0.1) is 0 Å². The highest BCUT2D eigenvalue weighted by Gasteiger charge is 2.12. The number of hydrogen-bond donors (Lipinski definition) is 2. The van der Waals surface area contributed by atoms with Crippen LogP contribution in [0.1, 0.15) is 28.1 Å². The van der Waals surface area contributed by atoms with E-state index in [2.05, 4.69) is 15.4 Å². The quantitative estimate of drug-likeness (QED) is 0.842. The summed E-state index contributed by atoms with van der Waals surface area (Å²) in [6.45, 7) is 6.62. The maximum atomic E-state index is 5.80. The summed E-state index contributed by atoms with van der Waals surface area (Å²) in [7, 11) is 1.92. The number of anilines is 1. The monoisotopic (exact) mass is 289 g/mol. The largest absolute Gasteiger partial charge is 0.389 e. The Labute approximate surface area is 124 Å². The van der Waals surface area contributed by atoms with E-state index in [1.54, 1.807) is 0 Å². The fourth-order valence-electron chi connectivity index (χ4n) is 2.17. The van der Waals surface area contributed by atoms with Crippen LogP contribution in [-0.4, -0.2) is 19.8 Å². The molecule has 20 heavy (non-hydrogen) atoms. The Balaban J connectivity index is 2.29. The first-order valence-electron chi connectivity index (χ1n) is 6.39. The van der Waals surface area contributed by atoms with E-state index in [0.717, 1.165) is 33.9 Å². The van der Waals surface area contributed by atoms with E-state index in [9.17, 15) is 0 Å². The minimum atomic E-state index is 0.361. The van der Waals surface area contributed by atoms with Crippen LogP contribution in [0.15, 0.2) is 12.3 Å². The highest BCUT2D eigenvalue weighted by Crippen LogP contribution is 2.20. The zero-order valence-electron chi connectivity index (χ0n) is 12.2. The van der Waals surface area contributed by atoms with Crippen molar-refractivity contribution in [3.05, 3.63) is 40.3 Å².